The molecule has 0 aliphatic rings. The van der Waals surface area contributed by atoms with E-state index in [9.17, 15) is 19.5 Å². The monoisotopic (exact) mass is 820 g/mol. The molecule has 0 saturated heterocycles. The fourth-order valence-electron chi connectivity index (χ4n) is 7.24. The first kappa shape index (κ1) is 55.8. The Morgan fingerprint density at radius 1 is 0.500 bits per heavy atom. The number of ether oxygens (including phenoxy) is 3. The number of aliphatic carboxylic acids is 1. The highest BCUT2D eigenvalue weighted by Crippen LogP contribution is 2.15. The zero-order valence-electron chi connectivity index (χ0n) is 38.7. The smallest absolute Gasteiger partial charge is 0.306 e. The molecule has 0 fully saturated rings. The van der Waals surface area contributed by atoms with E-state index in [1.54, 1.807) is 21.1 Å². The van der Waals surface area contributed by atoms with Crippen LogP contribution in [0.1, 0.15) is 226 Å². The Morgan fingerprint density at radius 3 is 1.24 bits per heavy atom. The van der Waals surface area contributed by atoms with E-state index in [2.05, 4.69) is 38.2 Å². The fraction of sp³-hybridized carbons (Fsp3) is 0.860. The second-order valence-electron chi connectivity index (χ2n) is 17.7. The Labute approximate surface area is 358 Å². The minimum absolute atomic E-state index is 0.0377. The molecule has 8 heteroatoms. The molecular formula is C50H93NO7. The molecular weight excluding hydrogens is 727 g/mol. The van der Waals surface area contributed by atoms with Gasteiger partial charge in [0.15, 0.2) is 6.10 Å². The topological polar surface area (TPSA) is 102 Å². The summed E-state index contributed by atoms with van der Waals surface area (Å²) in [4.78, 5) is 36.9. The van der Waals surface area contributed by atoms with Gasteiger partial charge in [-0.05, 0) is 64.2 Å². The largest absolute Gasteiger partial charge is 0.544 e. The van der Waals surface area contributed by atoms with Crippen LogP contribution in [0.3, 0.4) is 0 Å². The van der Waals surface area contributed by atoms with Gasteiger partial charge in [-0.15, -0.1) is 0 Å². The van der Waals surface area contributed by atoms with E-state index in [1.165, 1.54) is 128 Å². The molecule has 0 bridgehead atoms. The van der Waals surface area contributed by atoms with E-state index >= 15 is 0 Å². The Bertz CT molecular complexity index is 1000. The molecule has 0 aromatic heterocycles. The Kier molecular flexibility index (Phi) is 40.0. The van der Waals surface area contributed by atoms with Crippen molar-refractivity contribution in [2.45, 2.75) is 238 Å². The third kappa shape index (κ3) is 39.3. The number of esters is 2. The number of hydrogen-bond donors (Lipinski definition) is 0. The number of carboxylic acid groups (broad SMARTS) is 1. The van der Waals surface area contributed by atoms with Crippen molar-refractivity contribution < 1.29 is 38.2 Å². The van der Waals surface area contributed by atoms with Crippen LogP contribution in [-0.4, -0.2) is 75.5 Å². The maximum atomic E-state index is 12.7. The summed E-state index contributed by atoms with van der Waals surface area (Å²) in [6, 6.07) is -0.726. The van der Waals surface area contributed by atoms with Crippen molar-refractivity contribution in [1.82, 2.24) is 0 Å². The Balaban J connectivity index is 4.29. The molecule has 8 nitrogen and oxygen atoms in total. The number of carboxylic acids is 1. The Hall–Kier alpha value is -2.19. The predicted molar refractivity (Wildman–Crippen MR) is 240 cm³/mol. The number of carbonyl (C=O) groups is 3. The van der Waals surface area contributed by atoms with Crippen LogP contribution >= 0.6 is 0 Å². The number of quaternary nitrogens is 1. The molecule has 0 radical (unpaired) electrons. The summed E-state index contributed by atoms with van der Waals surface area (Å²) in [6.45, 7) is 4.67. The second kappa shape index (κ2) is 41.5. The minimum atomic E-state index is -1.13. The van der Waals surface area contributed by atoms with Crippen LogP contribution in [0.25, 0.3) is 0 Å². The van der Waals surface area contributed by atoms with Crippen LogP contribution in [0, 0.1) is 0 Å². The average Bonchev–Trinajstić information content (AvgIpc) is 3.18. The van der Waals surface area contributed by atoms with Gasteiger partial charge in [-0.25, -0.2) is 0 Å². The molecule has 2 atom stereocenters. The summed E-state index contributed by atoms with van der Waals surface area (Å²) in [6.07, 6.45) is 46.3. The van der Waals surface area contributed by atoms with Crippen LogP contribution in [0.4, 0.5) is 0 Å². The predicted octanol–water partition coefficient (Wildman–Crippen LogP) is 12.3. The number of nitrogens with zero attached hydrogens (tertiary/aromatic N) is 1. The van der Waals surface area contributed by atoms with Crippen molar-refractivity contribution in [3.8, 4) is 0 Å². The number of unbranched alkanes of at least 4 members (excludes halogenated alkanes) is 26. The zero-order valence-corrected chi connectivity index (χ0v) is 38.7. The van der Waals surface area contributed by atoms with E-state index in [1.807, 2.05) is 0 Å². The van der Waals surface area contributed by atoms with E-state index in [0.29, 0.717) is 12.8 Å². The SMILES string of the molecule is CCCCCCCCC/C=C/CCCCCCCC(=O)OC(COCCC(C(=O)[O-])[N+](C)(C)C)COC(=O)CCCCCCC/C=C/CCCCCCCCCCC. The van der Waals surface area contributed by atoms with Crippen molar-refractivity contribution in [2.24, 2.45) is 0 Å². The molecule has 0 aromatic rings. The average molecular weight is 820 g/mol. The molecule has 0 heterocycles. The van der Waals surface area contributed by atoms with Gasteiger partial charge >= 0.3 is 11.9 Å². The molecule has 0 aliphatic heterocycles. The standard InChI is InChI=1S/C50H93NO7/c1-6-8-10-12-14-16-18-20-22-24-25-27-28-30-32-34-36-38-40-48(52)57-45-46(44-56-43-42-47(50(54)55)51(3,4)5)58-49(53)41-39-37-35-33-31-29-26-23-21-19-17-15-13-11-9-7-2/h23,25-27,46-47H,6-22,24,28-45H2,1-5H3/b26-23+,27-25+. The lowest BCUT2D eigenvalue weighted by Crippen LogP contribution is -2.55. The van der Waals surface area contributed by atoms with E-state index < -0.39 is 18.1 Å². The second-order valence-corrected chi connectivity index (χ2v) is 17.7. The first-order chi connectivity index (χ1) is 28.1. The summed E-state index contributed by atoms with van der Waals surface area (Å²) in [5.41, 5.74) is 0. The number of hydrogen-bond acceptors (Lipinski definition) is 7. The summed E-state index contributed by atoms with van der Waals surface area (Å²) >= 11 is 0. The van der Waals surface area contributed by atoms with Gasteiger partial charge in [0.25, 0.3) is 0 Å². The van der Waals surface area contributed by atoms with E-state index in [-0.39, 0.29) is 42.7 Å². The third-order valence-corrected chi connectivity index (χ3v) is 11.1. The van der Waals surface area contributed by atoms with E-state index in [4.69, 9.17) is 14.2 Å². The van der Waals surface area contributed by atoms with Crippen molar-refractivity contribution in [3.63, 3.8) is 0 Å². The highest BCUT2D eigenvalue weighted by molar-refractivity contribution is 5.70. The van der Waals surface area contributed by atoms with Crippen molar-refractivity contribution in [2.75, 3.05) is 41.0 Å². The minimum Gasteiger partial charge on any atom is -0.544 e. The van der Waals surface area contributed by atoms with Crippen molar-refractivity contribution >= 4 is 17.9 Å². The van der Waals surface area contributed by atoms with Crippen molar-refractivity contribution in [1.29, 1.82) is 0 Å². The summed E-state index contributed by atoms with van der Waals surface area (Å²) in [7, 11) is 5.41. The molecule has 0 saturated carbocycles. The molecule has 0 amide bonds. The normalized spacial score (nSPS) is 13.1. The van der Waals surface area contributed by atoms with Crippen LogP contribution in [0.2, 0.25) is 0 Å². The molecule has 0 rings (SSSR count). The molecule has 58 heavy (non-hydrogen) atoms. The molecule has 2 unspecified atom stereocenters. The Morgan fingerprint density at radius 2 is 0.862 bits per heavy atom. The molecule has 0 N–H and O–H groups in total. The first-order valence-corrected chi connectivity index (χ1v) is 24.4. The summed E-state index contributed by atoms with van der Waals surface area (Å²) in [5.74, 6) is -1.75. The van der Waals surface area contributed by atoms with Gasteiger partial charge < -0.3 is 28.6 Å². The van der Waals surface area contributed by atoms with Gasteiger partial charge in [0.2, 0.25) is 0 Å². The lowest BCUT2D eigenvalue weighted by Gasteiger charge is -2.34. The van der Waals surface area contributed by atoms with Crippen LogP contribution in [-0.2, 0) is 28.6 Å². The highest BCUT2D eigenvalue weighted by Gasteiger charge is 2.25. The zero-order chi connectivity index (χ0) is 42.8. The van der Waals surface area contributed by atoms with Gasteiger partial charge in [-0.3, -0.25) is 9.59 Å². The lowest BCUT2D eigenvalue weighted by atomic mass is 10.1. The quantitative estimate of drug-likeness (QED) is 0.0261. The van der Waals surface area contributed by atoms with Crippen LogP contribution < -0.4 is 5.11 Å². The number of likely N-dealkylation sites (N-methyl/N-ethyl adjacent to an activating group) is 1. The van der Waals surface area contributed by atoms with E-state index in [0.717, 1.165) is 64.2 Å². The fourth-order valence-corrected chi connectivity index (χ4v) is 7.24. The highest BCUT2D eigenvalue weighted by atomic mass is 16.6. The number of allylic oxidation sites excluding steroid dienone is 4. The maximum Gasteiger partial charge on any atom is 0.306 e. The summed E-state index contributed by atoms with van der Waals surface area (Å²) in [5, 5.41) is 11.6. The number of carbonyl (C=O) groups excluding carboxylic acids is 3. The third-order valence-electron chi connectivity index (χ3n) is 11.1. The lowest BCUT2D eigenvalue weighted by molar-refractivity contribution is -0.889. The van der Waals surface area contributed by atoms with Gasteiger partial charge in [0, 0.05) is 19.3 Å². The van der Waals surface area contributed by atoms with Gasteiger partial charge in [0.05, 0.1) is 40.3 Å². The molecule has 0 aromatic carbocycles. The van der Waals surface area contributed by atoms with Crippen molar-refractivity contribution in [3.05, 3.63) is 24.3 Å². The molecule has 0 aliphatic carbocycles. The van der Waals surface area contributed by atoms with Crippen LogP contribution in [0.15, 0.2) is 24.3 Å². The molecule has 340 valence electrons. The van der Waals surface area contributed by atoms with Crippen LogP contribution in [0.5, 0.6) is 0 Å². The molecule has 0 spiro atoms. The van der Waals surface area contributed by atoms with Gasteiger partial charge in [0.1, 0.15) is 12.6 Å². The van der Waals surface area contributed by atoms with Gasteiger partial charge in [-0.1, -0.05) is 167 Å². The summed E-state index contributed by atoms with van der Waals surface area (Å²) < 4.78 is 17.2. The first-order valence-electron chi connectivity index (χ1n) is 24.4. The maximum absolute atomic E-state index is 12.7. The van der Waals surface area contributed by atoms with Gasteiger partial charge in [-0.2, -0.15) is 0 Å². The number of rotatable bonds is 44.